The van der Waals surface area contributed by atoms with Crippen molar-refractivity contribution in [1.82, 2.24) is 10.2 Å². The molecule has 0 spiro atoms. The van der Waals surface area contributed by atoms with Crippen LogP contribution in [0.1, 0.15) is 18.2 Å². The number of aliphatic carboxylic acids is 1. The molecule has 0 fully saturated rings. The Balaban J connectivity index is 2.14. The number of thioether (sulfide) groups is 1. The van der Waals surface area contributed by atoms with E-state index in [2.05, 4.69) is 10.2 Å². The molecular formula is C8H13N3O3S. The summed E-state index contributed by atoms with van der Waals surface area (Å²) in [5.41, 5.74) is 5.34. The minimum absolute atomic E-state index is 0.438. The molecule has 1 unspecified atom stereocenters. The number of carbonyl (C=O) groups is 1. The highest BCUT2D eigenvalue weighted by Gasteiger charge is 2.10. The largest absolute Gasteiger partial charge is 0.480 e. The highest BCUT2D eigenvalue weighted by Crippen LogP contribution is 2.12. The summed E-state index contributed by atoms with van der Waals surface area (Å²) in [7, 11) is 0. The van der Waals surface area contributed by atoms with Crippen LogP contribution in [-0.4, -0.2) is 33.1 Å². The third-order valence-corrected chi connectivity index (χ3v) is 2.66. The molecule has 1 heterocycles. The predicted molar refractivity (Wildman–Crippen MR) is 55.4 cm³/mol. The zero-order chi connectivity index (χ0) is 11.3. The Kier molecular flexibility index (Phi) is 4.57. The number of nitrogens with two attached hydrogens (primary N) is 1. The van der Waals surface area contributed by atoms with Gasteiger partial charge in [-0.1, -0.05) is 0 Å². The lowest BCUT2D eigenvalue weighted by atomic mass is 10.2. The summed E-state index contributed by atoms with van der Waals surface area (Å²) in [5.74, 6) is 1.38. The van der Waals surface area contributed by atoms with E-state index in [0.29, 0.717) is 29.7 Å². The molecule has 0 aliphatic carbocycles. The molecule has 15 heavy (non-hydrogen) atoms. The number of aromatic nitrogens is 2. The zero-order valence-electron chi connectivity index (χ0n) is 8.34. The predicted octanol–water partition coefficient (Wildman–Crippen LogP) is 0.413. The minimum atomic E-state index is -0.968. The first-order chi connectivity index (χ1) is 7.09. The Morgan fingerprint density at radius 1 is 1.67 bits per heavy atom. The highest BCUT2D eigenvalue weighted by molar-refractivity contribution is 7.98. The summed E-state index contributed by atoms with van der Waals surface area (Å²) >= 11 is 1.53. The highest BCUT2D eigenvalue weighted by atomic mass is 32.2. The van der Waals surface area contributed by atoms with Crippen LogP contribution in [0.4, 0.5) is 0 Å². The van der Waals surface area contributed by atoms with Crippen LogP contribution in [0.3, 0.4) is 0 Å². The van der Waals surface area contributed by atoms with Gasteiger partial charge in [-0.2, -0.15) is 11.8 Å². The molecule has 0 aromatic carbocycles. The van der Waals surface area contributed by atoms with Crippen molar-refractivity contribution in [2.45, 2.75) is 25.1 Å². The lowest BCUT2D eigenvalue weighted by Crippen LogP contribution is -2.30. The van der Waals surface area contributed by atoms with Gasteiger partial charge in [-0.05, 0) is 12.2 Å². The quantitative estimate of drug-likeness (QED) is 0.683. The molecule has 1 atom stereocenters. The van der Waals surface area contributed by atoms with Gasteiger partial charge in [-0.15, -0.1) is 10.2 Å². The van der Waals surface area contributed by atoms with Gasteiger partial charge in [0.1, 0.15) is 6.04 Å². The van der Waals surface area contributed by atoms with Gasteiger partial charge >= 0.3 is 5.97 Å². The van der Waals surface area contributed by atoms with Crippen molar-refractivity contribution < 1.29 is 14.3 Å². The Morgan fingerprint density at radius 2 is 2.40 bits per heavy atom. The molecule has 0 aliphatic heterocycles. The number of rotatable bonds is 6. The van der Waals surface area contributed by atoms with Gasteiger partial charge in [0.2, 0.25) is 11.8 Å². The number of carboxylic acids is 1. The fraction of sp³-hybridized carbons (Fsp3) is 0.625. The maximum absolute atomic E-state index is 10.4. The van der Waals surface area contributed by atoms with Gasteiger partial charge in [-0.3, -0.25) is 4.79 Å². The second-order valence-electron chi connectivity index (χ2n) is 3.00. The third-order valence-electron chi connectivity index (χ3n) is 1.68. The van der Waals surface area contributed by atoms with E-state index in [1.807, 2.05) is 0 Å². The van der Waals surface area contributed by atoms with Crippen molar-refractivity contribution in [3.8, 4) is 0 Å². The molecule has 7 heteroatoms. The van der Waals surface area contributed by atoms with Gasteiger partial charge in [-0.25, -0.2) is 0 Å². The van der Waals surface area contributed by atoms with Crippen LogP contribution in [0.25, 0.3) is 0 Å². The molecular weight excluding hydrogens is 218 g/mol. The van der Waals surface area contributed by atoms with Crippen molar-refractivity contribution in [3.63, 3.8) is 0 Å². The Morgan fingerprint density at radius 3 is 2.93 bits per heavy atom. The van der Waals surface area contributed by atoms with Crippen LogP contribution in [0.2, 0.25) is 0 Å². The van der Waals surface area contributed by atoms with E-state index in [4.69, 9.17) is 15.3 Å². The van der Waals surface area contributed by atoms with Crippen LogP contribution in [0.15, 0.2) is 4.42 Å². The van der Waals surface area contributed by atoms with E-state index in [0.717, 1.165) is 0 Å². The van der Waals surface area contributed by atoms with Crippen molar-refractivity contribution in [3.05, 3.63) is 11.8 Å². The van der Waals surface area contributed by atoms with Gasteiger partial charge in [0, 0.05) is 6.92 Å². The summed E-state index contributed by atoms with van der Waals surface area (Å²) in [4.78, 5) is 10.4. The van der Waals surface area contributed by atoms with Crippen LogP contribution in [-0.2, 0) is 10.5 Å². The van der Waals surface area contributed by atoms with E-state index < -0.39 is 12.0 Å². The fourth-order valence-corrected chi connectivity index (χ4v) is 1.75. The van der Waals surface area contributed by atoms with Gasteiger partial charge in [0.25, 0.3) is 0 Å². The fourth-order valence-electron chi connectivity index (χ4n) is 0.889. The van der Waals surface area contributed by atoms with E-state index in [1.165, 1.54) is 11.8 Å². The van der Waals surface area contributed by atoms with E-state index in [1.54, 1.807) is 6.92 Å². The average Bonchev–Trinajstić information content (AvgIpc) is 2.58. The third kappa shape index (κ3) is 4.30. The Bertz CT molecular complexity index is 329. The molecule has 0 amide bonds. The summed E-state index contributed by atoms with van der Waals surface area (Å²) in [6.07, 6.45) is 0.438. The molecule has 1 aromatic rings. The first kappa shape index (κ1) is 12.0. The SMILES string of the molecule is Cc1nnc(CSCCC(N)C(=O)O)o1. The van der Waals surface area contributed by atoms with E-state index >= 15 is 0 Å². The van der Waals surface area contributed by atoms with E-state index in [-0.39, 0.29) is 0 Å². The topological polar surface area (TPSA) is 102 Å². The molecule has 0 saturated carbocycles. The van der Waals surface area contributed by atoms with Crippen LogP contribution >= 0.6 is 11.8 Å². The molecule has 0 aliphatic rings. The minimum Gasteiger partial charge on any atom is -0.480 e. The monoisotopic (exact) mass is 231 g/mol. The summed E-state index contributed by atoms with van der Waals surface area (Å²) in [5, 5.41) is 16.0. The molecule has 0 radical (unpaired) electrons. The van der Waals surface area contributed by atoms with Crippen molar-refractivity contribution >= 4 is 17.7 Å². The Labute approximate surface area is 91.2 Å². The molecule has 6 nitrogen and oxygen atoms in total. The number of aryl methyl sites for hydroxylation is 1. The van der Waals surface area contributed by atoms with E-state index in [9.17, 15) is 4.79 Å². The molecule has 84 valence electrons. The smallest absolute Gasteiger partial charge is 0.320 e. The van der Waals surface area contributed by atoms with Crippen molar-refractivity contribution in [1.29, 1.82) is 0 Å². The lowest BCUT2D eigenvalue weighted by molar-refractivity contribution is -0.138. The number of hydrogen-bond donors (Lipinski definition) is 2. The van der Waals surface area contributed by atoms with Crippen LogP contribution < -0.4 is 5.73 Å². The zero-order valence-corrected chi connectivity index (χ0v) is 9.16. The van der Waals surface area contributed by atoms with Crippen LogP contribution in [0, 0.1) is 6.92 Å². The average molecular weight is 231 g/mol. The summed E-state index contributed by atoms with van der Waals surface area (Å²) < 4.78 is 5.15. The molecule has 0 saturated heterocycles. The van der Waals surface area contributed by atoms with Crippen molar-refractivity contribution in [2.75, 3.05) is 5.75 Å². The maximum Gasteiger partial charge on any atom is 0.320 e. The normalized spacial score (nSPS) is 12.7. The second-order valence-corrected chi connectivity index (χ2v) is 4.11. The molecule has 1 aromatic heterocycles. The molecule has 1 rings (SSSR count). The second kappa shape index (κ2) is 5.72. The number of carboxylic acid groups (broad SMARTS) is 1. The van der Waals surface area contributed by atoms with Gasteiger partial charge < -0.3 is 15.3 Å². The standard InChI is InChI=1S/C8H13N3O3S/c1-5-10-11-7(14-5)4-15-3-2-6(9)8(12)13/h6H,2-4,9H2,1H3,(H,12,13). The number of hydrogen-bond acceptors (Lipinski definition) is 6. The summed E-state index contributed by atoms with van der Waals surface area (Å²) in [6.45, 7) is 1.72. The lowest BCUT2D eigenvalue weighted by Gasteiger charge is -2.04. The van der Waals surface area contributed by atoms with Gasteiger partial charge in [0.15, 0.2) is 0 Å². The molecule has 3 N–H and O–H groups in total. The first-order valence-corrected chi connectivity index (χ1v) is 5.60. The van der Waals surface area contributed by atoms with Crippen molar-refractivity contribution in [2.24, 2.45) is 5.73 Å². The first-order valence-electron chi connectivity index (χ1n) is 4.44. The maximum atomic E-state index is 10.4. The molecule has 0 bridgehead atoms. The summed E-state index contributed by atoms with van der Waals surface area (Å²) in [6, 6.07) is -0.790. The van der Waals surface area contributed by atoms with Gasteiger partial charge in [0.05, 0.1) is 5.75 Å². The number of nitrogens with zero attached hydrogens (tertiary/aromatic N) is 2. The van der Waals surface area contributed by atoms with Crippen LogP contribution in [0.5, 0.6) is 0 Å². The Hall–Kier alpha value is -1.08.